The van der Waals surface area contributed by atoms with Gasteiger partial charge in [0.2, 0.25) is 0 Å². The highest BCUT2D eigenvalue weighted by Crippen LogP contribution is 2.26. The maximum atomic E-state index is 12.4. The third-order valence-electron chi connectivity index (χ3n) is 6.90. The summed E-state index contributed by atoms with van der Waals surface area (Å²) in [5.41, 5.74) is 3.26. The average Bonchev–Trinajstić information content (AvgIpc) is 3.43. The zero-order chi connectivity index (χ0) is 26.7. The van der Waals surface area contributed by atoms with E-state index in [0.717, 1.165) is 35.4 Å². The molecule has 5 rings (SSSR count). The third-order valence-corrected chi connectivity index (χ3v) is 6.90. The van der Waals surface area contributed by atoms with Crippen molar-refractivity contribution in [3.8, 4) is 11.4 Å². The number of ether oxygens (including phenoxy) is 1. The maximum Gasteiger partial charge on any atom is 0.324 e. The predicted octanol–water partition coefficient (Wildman–Crippen LogP) is 6.25. The zero-order valence-electron chi connectivity index (χ0n) is 22.5. The smallest absolute Gasteiger partial charge is 0.324 e. The van der Waals surface area contributed by atoms with Crippen LogP contribution in [0.4, 0.5) is 16.3 Å². The normalized spacial score (nSPS) is 17.1. The number of hydrogen-bond donors (Lipinski definition) is 3. The molecule has 9 heteroatoms. The van der Waals surface area contributed by atoms with E-state index in [1.165, 1.54) is 19.3 Å². The third kappa shape index (κ3) is 5.99. The van der Waals surface area contributed by atoms with Crippen LogP contribution in [-0.2, 0) is 5.41 Å². The van der Waals surface area contributed by atoms with Gasteiger partial charge in [-0.1, -0.05) is 38.8 Å². The summed E-state index contributed by atoms with van der Waals surface area (Å²) in [6, 6.07) is 15.3. The van der Waals surface area contributed by atoms with Crippen LogP contribution in [0.1, 0.15) is 59.1 Å². The summed E-state index contributed by atoms with van der Waals surface area (Å²) in [5.74, 6) is 1.90. The number of urea groups is 1. The number of carbonyl (C=O) groups excluding carboxylic acids is 1. The van der Waals surface area contributed by atoms with E-state index in [1.54, 1.807) is 12.4 Å². The fraction of sp³-hybridized carbons (Fsp3) is 0.414. The van der Waals surface area contributed by atoms with Crippen LogP contribution in [0.15, 0.2) is 59.4 Å². The van der Waals surface area contributed by atoms with Crippen molar-refractivity contribution in [1.82, 2.24) is 20.0 Å². The molecule has 1 fully saturated rings. The Hall–Kier alpha value is -3.85. The summed E-state index contributed by atoms with van der Waals surface area (Å²) < 4.78 is 13.6. The van der Waals surface area contributed by atoms with Crippen molar-refractivity contribution in [2.75, 3.05) is 17.2 Å². The number of hydrogen-bond acceptors (Lipinski definition) is 6. The Morgan fingerprint density at radius 3 is 2.68 bits per heavy atom. The first-order valence-corrected chi connectivity index (χ1v) is 13.3. The first-order valence-electron chi connectivity index (χ1n) is 13.3. The molecule has 0 radical (unpaired) electrons. The molecule has 2 unspecified atom stereocenters. The fourth-order valence-corrected chi connectivity index (χ4v) is 4.70. The van der Waals surface area contributed by atoms with Gasteiger partial charge in [-0.05, 0) is 62.7 Å². The molecule has 0 aliphatic carbocycles. The van der Waals surface area contributed by atoms with Crippen LogP contribution in [0, 0.1) is 0 Å². The molecule has 1 saturated heterocycles. The summed E-state index contributed by atoms with van der Waals surface area (Å²) >= 11 is 0. The minimum absolute atomic E-state index is 0.0923. The van der Waals surface area contributed by atoms with Crippen molar-refractivity contribution in [2.24, 2.45) is 0 Å². The number of aromatic nitrogens is 3. The maximum absolute atomic E-state index is 12.4. The van der Waals surface area contributed by atoms with E-state index in [2.05, 4.69) is 33.0 Å². The van der Waals surface area contributed by atoms with Crippen molar-refractivity contribution in [3.63, 3.8) is 0 Å². The second-order valence-corrected chi connectivity index (χ2v) is 11.0. The molecule has 0 bridgehead atoms. The van der Waals surface area contributed by atoms with Crippen molar-refractivity contribution in [1.29, 1.82) is 0 Å². The lowest BCUT2D eigenvalue weighted by molar-refractivity contribution is 0.167. The lowest BCUT2D eigenvalue weighted by Gasteiger charge is -2.24. The van der Waals surface area contributed by atoms with Gasteiger partial charge in [-0.3, -0.25) is 9.88 Å². The van der Waals surface area contributed by atoms with Gasteiger partial charge in [0.15, 0.2) is 5.82 Å². The number of benzene rings is 2. The van der Waals surface area contributed by atoms with Crippen LogP contribution < -0.4 is 20.7 Å². The number of fused-ring (bicyclic) bond motifs is 1. The van der Waals surface area contributed by atoms with Crippen LogP contribution >= 0.6 is 0 Å². The Bertz CT molecular complexity index is 1380. The second kappa shape index (κ2) is 10.9. The minimum Gasteiger partial charge on any atom is -0.489 e. The summed E-state index contributed by atoms with van der Waals surface area (Å²) in [7, 11) is 0. The van der Waals surface area contributed by atoms with Crippen molar-refractivity contribution in [2.45, 2.75) is 70.9 Å². The number of rotatable bonds is 6. The van der Waals surface area contributed by atoms with Gasteiger partial charge in [0.1, 0.15) is 23.9 Å². The van der Waals surface area contributed by atoms with Gasteiger partial charge < -0.3 is 19.9 Å². The zero-order valence-corrected chi connectivity index (χ0v) is 22.5. The molecule has 0 saturated carbocycles. The van der Waals surface area contributed by atoms with Crippen molar-refractivity contribution in [3.05, 3.63) is 60.6 Å². The number of nitrogens with one attached hydrogen (secondary N) is 3. The van der Waals surface area contributed by atoms with Gasteiger partial charge in [-0.25, -0.2) is 9.78 Å². The molecule has 2 atom stereocenters. The van der Waals surface area contributed by atoms with Crippen LogP contribution in [0.5, 0.6) is 5.75 Å². The van der Waals surface area contributed by atoms with E-state index in [1.807, 2.05) is 67.8 Å². The molecule has 9 nitrogen and oxygen atoms in total. The highest BCUT2D eigenvalue weighted by molar-refractivity contribution is 5.99. The number of nitrogens with zero attached hydrogens (tertiary/aromatic N) is 3. The molecule has 2 aromatic heterocycles. The molecular formula is C29H36N6O3. The van der Waals surface area contributed by atoms with Crippen LogP contribution in [0.3, 0.4) is 0 Å². The Morgan fingerprint density at radius 2 is 1.92 bits per heavy atom. The van der Waals surface area contributed by atoms with E-state index >= 15 is 0 Å². The SMILES string of the molecule is CC(Oc1ccc2c(c1)ncn2-c1ccc(NC(=O)Nc2cc(C(C)(C)C)on2)cc1)C1CCCCCN1. The summed E-state index contributed by atoms with van der Waals surface area (Å²) in [6.45, 7) is 9.25. The average molecular weight is 517 g/mol. The minimum atomic E-state index is -0.389. The topological polar surface area (TPSA) is 106 Å². The highest BCUT2D eigenvalue weighted by atomic mass is 16.5. The molecule has 2 aromatic carbocycles. The van der Waals surface area contributed by atoms with Crippen LogP contribution in [0.2, 0.25) is 0 Å². The summed E-state index contributed by atoms with van der Waals surface area (Å²) in [6.07, 6.45) is 6.80. The molecule has 200 valence electrons. The van der Waals surface area contributed by atoms with E-state index < -0.39 is 0 Å². The molecule has 2 amide bonds. The number of anilines is 2. The number of carbonyl (C=O) groups is 1. The molecular weight excluding hydrogens is 480 g/mol. The quantitative estimate of drug-likeness (QED) is 0.279. The van der Waals surface area contributed by atoms with Crippen LogP contribution in [0.25, 0.3) is 16.7 Å². The Labute approximate surface area is 222 Å². The molecule has 38 heavy (non-hydrogen) atoms. The molecule has 3 N–H and O–H groups in total. The summed E-state index contributed by atoms with van der Waals surface area (Å²) in [5, 5.41) is 13.1. The van der Waals surface area contributed by atoms with Crippen molar-refractivity contribution >= 4 is 28.6 Å². The lowest BCUT2D eigenvalue weighted by Crippen LogP contribution is -2.40. The molecule has 3 heterocycles. The molecule has 4 aromatic rings. The Balaban J connectivity index is 1.22. The standard InChI is InChI=1S/C29H36N6O3/c1-19(23-8-6-5-7-15-30-23)37-22-13-14-25-24(16-22)31-18-35(25)21-11-9-20(10-12-21)32-28(36)33-27-17-26(38-34-27)29(2,3)4/h9-14,16-19,23,30H,5-8,15H2,1-4H3,(H2,32,33,34,36). The van der Waals surface area contributed by atoms with E-state index in [9.17, 15) is 4.79 Å². The first kappa shape index (κ1) is 25.8. The number of imidazole rings is 1. The molecule has 0 spiro atoms. The van der Waals surface area contributed by atoms with Gasteiger partial charge in [0.05, 0.1) is 11.0 Å². The van der Waals surface area contributed by atoms with Gasteiger partial charge >= 0.3 is 6.03 Å². The lowest BCUT2D eigenvalue weighted by atomic mass is 9.93. The van der Waals surface area contributed by atoms with Gasteiger partial charge in [-0.2, -0.15) is 0 Å². The monoisotopic (exact) mass is 516 g/mol. The first-order chi connectivity index (χ1) is 18.3. The van der Waals surface area contributed by atoms with E-state index in [0.29, 0.717) is 23.3 Å². The van der Waals surface area contributed by atoms with E-state index in [4.69, 9.17) is 9.26 Å². The number of amides is 2. The molecule has 1 aliphatic rings. The largest absolute Gasteiger partial charge is 0.489 e. The highest BCUT2D eigenvalue weighted by Gasteiger charge is 2.21. The van der Waals surface area contributed by atoms with Gasteiger partial charge in [0.25, 0.3) is 0 Å². The van der Waals surface area contributed by atoms with Gasteiger partial charge in [0, 0.05) is 35.0 Å². The van der Waals surface area contributed by atoms with Gasteiger partial charge in [-0.15, -0.1) is 0 Å². The van der Waals surface area contributed by atoms with Crippen LogP contribution in [-0.4, -0.2) is 39.4 Å². The molecule has 1 aliphatic heterocycles. The fourth-order valence-electron chi connectivity index (χ4n) is 4.70. The van der Waals surface area contributed by atoms with Crippen molar-refractivity contribution < 1.29 is 14.1 Å². The van der Waals surface area contributed by atoms with E-state index in [-0.39, 0.29) is 17.6 Å². The summed E-state index contributed by atoms with van der Waals surface area (Å²) in [4.78, 5) is 17.0. The predicted molar refractivity (Wildman–Crippen MR) is 149 cm³/mol. The second-order valence-electron chi connectivity index (χ2n) is 11.0. The Kier molecular flexibility index (Phi) is 7.37. The Morgan fingerprint density at radius 1 is 1.11 bits per heavy atom.